The second-order valence-electron chi connectivity index (χ2n) is 10.4. The number of piperazine rings is 1. The number of rotatable bonds is 8. The minimum atomic E-state index is -0.626. The van der Waals surface area contributed by atoms with E-state index < -0.39 is 5.82 Å². The zero-order valence-electron chi connectivity index (χ0n) is 22.3. The van der Waals surface area contributed by atoms with Crippen LogP contribution in [0.5, 0.6) is 5.75 Å². The zero-order chi connectivity index (χ0) is 26.5. The monoisotopic (exact) mass is 503 g/mol. The maximum absolute atomic E-state index is 13.9. The maximum Gasteiger partial charge on any atom is 0.254 e. The van der Waals surface area contributed by atoms with Crippen molar-refractivity contribution in [2.24, 2.45) is 0 Å². The molecule has 0 saturated carbocycles. The van der Waals surface area contributed by atoms with E-state index in [0.29, 0.717) is 5.56 Å². The molecule has 1 atom stereocenters. The van der Waals surface area contributed by atoms with Gasteiger partial charge in [0.05, 0.1) is 6.04 Å². The summed E-state index contributed by atoms with van der Waals surface area (Å²) >= 11 is 0. The smallest absolute Gasteiger partial charge is 0.254 e. The molecule has 1 amide bonds. The fraction of sp³-hybridized carbons (Fsp3) is 0.387. The molecule has 6 heteroatoms. The van der Waals surface area contributed by atoms with Gasteiger partial charge < -0.3 is 10.0 Å². The van der Waals surface area contributed by atoms with Crippen molar-refractivity contribution in [3.05, 3.63) is 101 Å². The lowest BCUT2D eigenvalue weighted by Gasteiger charge is -2.40. The molecule has 37 heavy (non-hydrogen) atoms. The lowest BCUT2D eigenvalue weighted by atomic mass is 9.94. The van der Waals surface area contributed by atoms with Gasteiger partial charge in [0, 0.05) is 50.4 Å². The Balaban J connectivity index is 1.57. The molecule has 196 valence electrons. The van der Waals surface area contributed by atoms with E-state index in [1.807, 2.05) is 62.9 Å². The number of hydrogen-bond acceptors (Lipinski definition) is 4. The minimum Gasteiger partial charge on any atom is -0.505 e. The molecular formula is C31H38FN3O2. The summed E-state index contributed by atoms with van der Waals surface area (Å²) in [5, 5.41) is 10.1. The molecule has 1 fully saturated rings. The SMILES string of the molecule is CC(C)N(C(=O)c1ccc(C(c2ccc(F)c(O)c2)N2CCN(Cc3ccccc3)CC2)cc1)C(C)C. The fourth-order valence-electron chi connectivity index (χ4n) is 5.36. The summed E-state index contributed by atoms with van der Waals surface area (Å²) in [4.78, 5) is 19.9. The van der Waals surface area contributed by atoms with Crippen LogP contribution >= 0.6 is 0 Å². The highest BCUT2D eigenvalue weighted by atomic mass is 19.1. The topological polar surface area (TPSA) is 47.0 Å². The summed E-state index contributed by atoms with van der Waals surface area (Å²) in [6.45, 7) is 12.5. The van der Waals surface area contributed by atoms with Gasteiger partial charge in [0.1, 0.15) is 0 Å². The molecule has 1 aliphatic heterocycles. The van der Waals surface area contributed by atoms with E-state index in [4.69, 9.17) is 0 Å². The number of phenolic OH excluding ortho intramolecular Hbond substituents is 1. The van der Waals surface area contributed by atoms with Gasteiger partial charge in [-0.25, -0.2) is 4.39 Å². The van der Waals surface area contributed by atoms with Gasteiger partial charge in [0.2, 0.25) is 0 Å². The first-order valence-corrected chi connectivity index (χ1v) is 13.2. The van der Waals surface area contributed by atoms with Crippen LogP contribution in [-0.2, 0) is 6.54 Å². The molecule has 5 nitrogen and oxygen atoms in total. The van der Waals surface area contributed by atoms with Crippen LogP contribution in [-0.4, -0.2) is 64.0 Å². The normalized spacial score (nSPS) is 15.8. The summed E-state index contributed by atoms with van der Waals surface area (Å²) < 4.78 is 13.9. The van der Waals surface area contributed by atoms with E-state index in [-0.39, 0.29) is 29.8 Å². The third-order valence-electron chi connectivity index (χ3n) is 7.13. The van der Waals surface area contributed by atoms with E-state index >= 15 is 0 Å². The highest BCUT2D eigenvalue weighted by Crippen LogP contribution is 2.33. The molecule has 3 aromatic carbocycles. The Morgan fingerprint density at radius 2 is 1.46 bits per heavy atom. The van der Waals surface area contributed by atoms with Crippen molar-refractivity contribution in [3.63, 3.8) is 0 Å². The first-order chi connectivity index (χ1) is 17.7. The number of hydrogen-bond donors (Lipinski definition) is 1. The average Bonchev–Trinajstić information content (AvgIpc) is 2.88. The standard InChI is InChI=1S/C31H38FN3O2/c1-22(2)35(23(3)4)31(37)26-12-10-25(11-13-26)30(27-14-15-28(32)29(36)20-27)34-18-16-33(17-19-34)21-24-8-6-5-7-9-24/h5-15,20,22-23,30,36H,16-19,21H2,1-4H3. The first kappa shape index (κ1) is 26.8. The van der Waals surface area contributed by atoms with Crippen LogP contribution in [0.2, 0.25) is 0 Å². The molecule has 0 bridgehead atoms. The van der Waals surface area contributed by atoms with Crippen molar-refractivity contribution in [1.82, 2.24) is 14.7 Å². The predicted octanol–water partition coefficient (Wildman–Crippen LogP) is 5.70. The Kier molecular flexibility index (Phi) is 8.62. The van der Waals surface area contributed by atoms with E-state index in [1.54, 1.807) is 6.07 Å². The lowest BCUT2D eigenvalue weighted by Crippen LogP contribution is -2.47. The van der Waals surface area contributed by atoms with Gasteiger partial charge in [0.15, 0.2) is 11.6 Å². The highest BCUT2D eigenvalue weighted by molar-refractivity contribution is 5.94. The number of carbonyl (C=O) groups is 1. The second-order valence-corrected chi connectivity index (χ2v) is 10.4. The molecule has 3 aromatic rings. The number of aromatic hydroxyl groups is 1. The number of benzene rings is 3. The number of nitrogens with zero attached hydrogens (tertiary/aromatic N) is 3. The molecule has 0 radical (unpaired) electrons. The van der Waals surface area contributed by atoms with Crippen molar-refractivity contribution in [3.8, 4) is 5.75 Å². The Morgan fingerprint density at radius 1 is 0.865 bits per heavy atom. The van der Waals surface area contributed by atoms with Crippen LogP contribution < -0.4 is 0 Å². The first-order valence-electron chi connectivity index (χ1n) is 13.2. The Bertz CT molecular complexity index is 1160. The van der Waals surface area contributed by atoms with Crippen LogP contribution in [0.15, 0.2) is 72.8 Å². The summed E-state index contributed by atoms with van der Waals surface area (Å²) in [6.07, 6.45) is 0. The van der Waals surface area contributed by atoms with Gasteiger partial charge >= 0.3 is 0 Å². The quantitative estimate of drug-likeness (QED) is 0.429. The fourth-order valence-corrected chi connectivity index (χ4v) is 5.36. The Hall–Kier alpha value is -3.22. The third-order valence-corrected chi connectivity index (χ3v) is 7.13. The van der Waals surface area contributed by atoms with Gasteiger partial charge in [-0.1, -0.05) is 48.5 Å². The van der Waals surface area contributed by atoms with E-state index in [1.165, 1.54) is 17.7 Å². The van der Waals surface area contributed by atoms with Gasteiger partial charge in [-0.15, -0.1) is 0 Å². The third kappa shape index (κ3) is 6.38. The number of carbonyl (C=O) groups excluding carboxylic acids is 1. The van der Waals surface area contributed by atoms with Gasteiger partial charge in [-0.05, 0) is 68.7 Å². The summed E-state index contributed by atoms with van der Waals surface area (Å²) in [7, 11) is 0. The van der Waals surface area contributed by atoms with Crippen molar-refractivity contribution in [2.45, 2.75) is 52.4 Å². The maximum atomic E-state index is 13.9. The van der Waals surface area contributed by atoms with Crippen LogP contribution in [0.1, 0.15) is 60.8 Å². The summed E-state index contributed by atoms with van der Waals surface area (Å²) in [6, 6.07) is 22.9. The number of amides is 1. The van der Waals surface area contributed by atoms with Gasteiger partial charge in [-0.3, -0.25) is 14.6 Å². The van der Waals surface area contributed by atoms with Crippen LogP contribution in [0, 0.1) is 5.82 Å². The molecule has 1 heterocycles. The molecule has 4 rings (SSSR count). The summed E-state index contributed by atoms with van der Waals surface area (Å²) in [5.74, 6) is -0.956. The van der Waals surface area contributed by atoms with Crippen LogP contribution in [0.3, 0.4) is 0 Å². The number of phenols is 1. The van der Waals surface area contributed by atoms with Gasteiger partial charge in [0.25, 0.3) is 5.91 Å². The van der Waals surface area contributed by atoms with Crippen molar-refractivity contribution >= 4 is 5.91 Å². The highest BCUT2D eigenvalue weighted by Gasteiger charge is 2.28. The van der Waals surface area contributed by atoms with E-state index in [0.717, 1.165) is 43.9 Å². The minimum absolute atomic E-state index is 0.0158. The largest absolute Gasteiger partial charge is 0.505 e. The molecule has 1 N–H and O–H groups in total. The Morgan fingerprint density at radius 3 is 2.03 bits per heavy atom. The van der Waals surface area contributed by atoms with E-state index in [2.05, 4.69) is 34.1 Å². The second kappa shape index (κ2) is 11.9. The van der Waals surface area contributed by atoms with Crippen LogP contribution in [0.4, 0.5) is 4.39 Å². The predicted molar refractivity (Wildman–Crippen MR) is 146 cm³/mol. The summed E-state index contributed by atoms with van der Waals surface area (Å²) in [5.41, 5.74) is 3.80. The molecule has 1 aliphatic rings. The molecule has 1 unspecified atom stereocenters. The molecule has 0 aliphatic carbocycles. The molecule has 0 aromatic heterocycles. The molecule has 0 spiro atoms. The van der Waals surface area contributed by atoms with Crippen LogP contribution in [0.25, 0.3) is 0 Å². The van der Waals surface area contributed by atoms with Gasteiger partial charge in [-0.2, -0.15) is 0 Å². The lowest BCUT2D eigenvalue weighted by molar-refractivity contribution is 0.0643. The average molecular weight is 504 g/mol. The molecule has 1 saturated heterocycles. The van der Waals surface area contributed by atoms with Crippen molar-refractivity contribution in [1.29, 1.82) is 0 Å². The number of halogens is 1. The zero-order valence-corrected chi connectivity index (χ0v) is 22.3. The Labute approximate surface area is 220 Å². The van der Waals surface area contributed by atoms with E-state index in [9.17, 15) is 14.3 Å². The van der Waals surface area contributed by atoms with Crippen molar-refractivity contribution < 1.29 is 14.3 Å². The molecular weight excluding hydrogens is 465 g/mol. The van der Waals surface area contributed by atoms with Crippen molar-refractivity contribution in [2.75, 3.05) is 26.2 Å².